The van der Waals surface area contributed by atoms with Crippen LogP contribution in [0.1, 0.15) is 27.7 Å². The van der Waals surface area contributed by atoms with E-state index in [9.17, 15) is 14.0 Å². The minimum absolute atomic E-state index is 0.0735. The molecule has 33 heavy (non-hydrogen) atoms. The van der Waals surface area contributed by atoms with Crippen LogP contribution in [0.25, 0.3) is 0 Å². The molecule has 0 aromatic carbocycles. The third-order valence-corrected chi connectivity index (χ3v) is 13.9. The van der Waals surface area contributed by atoms with Gasteiger partial charge in [0, 0.05) is 18.6 Å². The van der Waals surface area contributed by atoms with Crippen LogP contribution in [0.3, 0.4) is 0 Å². The molecule has 0 amide bonds. The van der Waals surface area contributed by atoms with Crippen LogP contribution in [-0.4, -0.2) is 91.3 Å². The van der Waals surface area contributed by atoms with Gasteiger partial charge in [0.1, 0.15) is 40.1 Å². The lowest BCUT2D eigenvalue weighted by molar-refractivity contribution is -0.0372. The number of hydrogen-bond acceptors (Lipinski definition) is 9. The van der Waals surface area contributed by atoms with E-state index in [1.807, 2.05) is 22.6 Å². The molecule has 0 saturated carbocycles. The first kappa shape index (κ1) is 28.1. The van der Waals surface area contributed by atoms with Gasteiger partial charge in [-0.1, -0.05) is 27.7 Å². The Bertz CT molecular complexity index is 812. The fraction of sp³-hybridized carbons (Fsp3) is 1.00. The van der Waals surface area contributed by atoms with Crippen molar-refractivity contribution in [1.29, 1.82) is 0 Å². The molecular weight excluding hydrogens is 488 g/mol. The van der Waals surface area contributed by atoms with Crippen LogP contribution < -0.4 is 0 Å². The second kappa shape index (κ2) is 9.75. The highest BCUT2D eigenvalue weighted by Crippen LogP contribution is 2.53. The maximum absolute atomic E-state index is 13.3. The Morgan fingerprint density at radius 3 is 2.12 bits per heavy atom. The van der Waals surface area contributed by atoms with Gasteiger partial charge in [0.15, 0.2) is 8.32 Å². The number of hydrogen-bond donors (Lipinski definition) is 1. The van der Waals surface area contributed by atoms with Crippen molar-refractivity contribution >= 4 is 39.4 Å². The molecule has 1 N–H and O–H groups in total. The summed E-state index contributed by atoms with van der Waals surface area (Å²) in [7, 11) is -6.57. The van der Waals surface area contributed by atoms with Gasteiger partial charge < -0.3 is 23.3 Å². The third-order valence-electron chi connectivity index (χ3n) is 7.24. The monoisotopic (exact) mass is 526 g/mol. The second-order valence-corrected chi connectivity index (χ2v) is 19.1. The molecule has 0 aromatic rings. The van der Waals surface area contributed by atoms with E-state index < -0.39 is 60.3 Å². The summed E-state index contributed by atoms with van der Waals surface area (Å²) in [6.45, 7) is 13.4. The van der Waals surface area contributed by atoms with Crippen LogP contribution in [0, 0.1) is 5.92 Å². The molecule has 3 rings (SSSR count). The first-order valence-corrected chi connectivity index (χ1v) is 17.9. The van der Waals surface area contributed by atoms with Crippen molar-refractivity contribution in [2.75, 3.05) is 19.9 Å². The molecule has 3 aliphatic heterocycles. The van der Waals surface area contributed by atoms with Gasteiger partial charge in [0.25, 0.3) is 0 Å². The van der Waals surface area contributed by atoms with E-state index in [0.717, 1.165) is 0 Å². The molecule has 3 saturated heterocycles. The molecular formula is C18H38B2O10P2Si. The average Bonchev–Trinajstić information content (AvgIpc) is 3.07. The van der Waals surface area contributed by atoms with Crippen molar-refractivity contribution < 1.29 is 46.0 Å². The van der Waals surface area contributed by atoms with Gasteiger partial charge in [-0.15, -0.1) is 0 Å². The van der Waals surface area contributed by atoms with E-state index in [1.54, 1.807) is 0 Å². The van der Waals surface area contributed by atoms with E-state index in [0.29, 0.717) is 0 Å². The van der Waals surface area contributed by atoms with Crippen LogP contribution >= 0.6 is 15.4 Å². The lowest BCUT2D eigenvalue weighted by atomic mass is 9.86. The van der Waals surface area contributed by atoms with Crippen molar-refractivity contribution in [3.8, 4) is 0 Å². The Morgan fingerprint density at radius 1 is 0.970 bits per heavy atom. The Kier molecular flexibility index (Phi) is 8.29. The summed E-state index contributed by atoms with van der Waals surface area (Å²) in [6.07, 6.45) is -3.60. The Morgan fingerprint density at radius 2 is 1.52 bits per heavy atom. The van der Waals surface area contributed by atoms with E-state index in [-0.39, 0.29) is 30.2 Å². The van der Waals surface area contributed by atoms with E-state index in [2.05, 4.69) is 33.9 Å². The lowest BCUT2D eigenvalue weighted by Gasteiger charge is -2.40. The van der Waals surface area contributed by atoms with Crippen molar-refractivity contribution in [3.63, 3.8) is 0 Å². The Hall–Kier alpha value is 0.487. The molecule has 10 atom stereocenters. The molecule has 4 unspecified atom stereocenters. The van der Waals surface area contributed by atoms with Gasteiger partial charge in [0.2, 0.25) is 0 Å². The quantitative estimate of drug-likeness (QED) is 0.419. The molecule has 0 aliphatic carbocycles. The Labute approximate surface area is 199 Å². The first-order valence-electron chi connectivity index (χ1n) is 11.5. The van der Waals surface area contributed by atoms with Crippen molar-refractivity contribution in [3.05, 3.63) is 0 Å². The predicted octanol–water partition coefficient (Wildman–Crippen LogP) is 1.47. The molecule has 190 valence electrons. The average molecular weight is 526 g/mol. The van der Waals surface area contributed by atoms with E-state index in [4.69, 9.17) is 32.0 Å². The highest BCUT2D eigenvalue weighted by atomic mass is 31.2. The molecule has 0 spiro atoms. The number of ether oxygens (including phenoxy) is 2. The largest absolute Gasteiger partial charge is 0.472 e. The fourth-order valence-electron chi connectivity index (χ4n) is 4.04. The number of phosphoric ester groups is 1. The van der Waals surface area contributed by atoms with Crippen LogP contribution in [0.2, 0.25) is 18.1 Å². The van der Waals surface area contributed by atoms with Gasteiger partial charge in [-0.3, -0.25) is 18.1 Å². The van der Waals surface area contributed by atoms with Crippen LogP contribution in [-0.2, 0) is 41.1 Å². The summed E-state index contributed by atoms with van der Waals surface area (Å²) in [5.74, 6) is -0.194. The smallest absolute Gasteiger partial charge is 0.409 e. The van der Waals surface area contributed by atoms with E-state index >= 15 is 0 Å². The van der Waals surface area contributed by atoms with Gasteiger partial charge in [-0.25, -0.2) is 4.57 Å². The summed E-state index contributed by atoms with van der Waals surface area (Å²) in [5.41, 5.74) is 0. The van der Waals surface area contributed by atoms with Gasteiger partial charge in [0.05, 0.1) is 25.3 Å². The highest BCUT2D eigenvalue weighted by Gasteiger charge is 2.52. The maximum Gasteiger partial charge on any atom is 0.472 e. The standard InChI is InChI=1S/C18H38B2O10P2Si/c1-10-13-11(26-16(10)19)8-24-31(5,21)28-14-12(9-25-32(22,23)29-13)27-17(20)15(14)30-33(6,7)18(2,3)4/h10-17H,8-9,19-20H2,1-7H3,(H,22,23)/t10-,11+,12+,13?,14?,15-,16+,17+,31?/m0/s1. The zero-order valence-corrected chi connectivity index (χ0v) is 23.8. The highest BCUT2D eigenvalue weighted by molar-refractivity contribution is 7.53. The van der Waals surface area contributed by atoms with Gasteiger partial charge in [-0.2, -0.15) is 0 Å². The molecule has 3 aliphatic rings. The second-order valence-electron chi connectivity index (χ2n) is 10.9. The molecule has 0 aromatic heterocycles. The summed E-state index contributed by atoms with van der Waals surface area (Å²) >= 11 is 0. The summed E-state index contributed by atoms with van der Waals surface area (Å²) in [6, 6.07) is -0.651. The van der Waals surface area contributed by atoms with Crippen molar-refractivity contribution in [2.24, 2.45) is 5.92 Å². The topological polar surface area (TPSA) is 119 Å². The van der Waals surface area contributed by atoms with E-state index in [1.165, 1.54) is 6.66 Å². The third kappa shape index (κ3) is 6.44. The van der Waals surface area contributed by atoms with Crippen LogP contribution in [0.15, 0.2) is 0 Å². The maximum atomic E-state index is 13.3. The number of fused-ring (bicyclic) bond motifs is 2. The SMILES string of the molecule is B[C@@H]1O[C@@H]2COP(C)(=O)OC3[C@@H](COP(=O)(O)OC2[C@@H]1C)O[C@@H](B)[C@H]3O[Si](C)(C)C(C)(C)C. The molecule has 15 heteroatoms. The van der Waals surface area contributed by atoms with Crippen LogP contribution in [0.4, 0.5) is 0 Å². The molecule has 3 fully saturated rings. The minimum atomic E-state index is -4.43. The Balaban J connectivity index is 1.88. The fourth-order valence-corrected chi connectivity index (χ4v) is 7.61. The normalized spacial score (nSPS) is 47.9. The zero-order chi connectivity index (χ0) is 25.0. The van der Waals surface area contributed by atoms with Gasteiger partial charge in [-0.05, 0) is 18.1 Å². The van der Waals surface area contributed by atoms with Crippen LogP contribution in [0.5, 0.6) is 0 Å². The first-order chi connectivity index (χ1) is 14.9. The number of phosphoric acid groups is 1. The minimum Gasteiger partial charge on any atom is -0.409 e. The zero-order valence-electron chi connectivity index (χ0n) is 21.0. The molecule has 0 bridgehead atoms. The predicted molar refractivity (Wildman–Crippen MR) is 131 cm³/mol. The lowest BCUT2D eigenvalue weighted by Crippen LogP contribution is -2.50. The molecule has 0 radical (unpaired) electrons. The summed E-state index contributed by atoms with van der Waals surface area (Å²) in [4.78, 5) is 10.4. The molecule has 10 nitrogen and oxygen atoms in total. The number of rotatable bonds is 2. The summed E-state index contributed by atoms with van der Waals surface area (Å²) < 4.78 is 67.0. The van der Waals surface area contributed by atoms with Gasteiger partial charge >= 0.3 is 15.4 Å². The summed E-state index contributed by atoms with van der Waals surface area (Å²) in [5, 5.41) is -0.0735. The van der Waals surface area contributed by atoms with Crippen molar-refractivity contribution in [2.45, 2.75) is 88.4 Å². The van der Waals surface area contributed by atoms with Crippen molar-refractivity contribution in [1.82, 2.24) is 0 Å². The molecule has 3 heterocycles.